The molecule has 6 nitrogen and oxygen atoms in total. The summed E-state index contributed by atoms with van der Waals surface area (Å²) in [5.74, 6) is -1.17. The van der Waals surface area contributed by atoms with E-state index in [1.54, 1.807) is 18.2 Å². The summed E-state index contributed by atoms with van der Waals surface area (Å²) in [7, 11) is 0. The van der Waals surface area contributed by atoms with E-state index in [-0.39, 0.29) is 11.8 Å². The van der Waals surface area contributed by atoms with Crippen molar-refractivity contribution < 1.29 is 14.3 Å². The molecule has 28 heavy (non-hydrogen) atoms. The molecule has 0 unspecified atom stereocenters. The van der Waals surface area contributed by atoms with Crippen LogP contribution in [0.1, 0.15) is 48.4 Å². The van der Waals surface area contributed by atoms with Gasteiger partial charge in [0.1, 0.15) is 11.6 Å². The molecule has 0 aromatic heterocycles. The normalized spacial score (nSPS) is 17.9. The highest BCUT2D eigenvalue weighted by molar-refractivity contribution is 7.81. The zero-order valence-electron chi connectivity index (χ0n) is 15.7. The van der Waals surface area contributed by atoms with Crippen molar-refractivity contribution in [3.8, 4) is 5.75 Å². The highest BCUT2D eigenvalue weighted by Gasteiger charge is 2.36. The van der Waals surface area contributed by atoms with Gasteiger partial charge >= 0.3 is 11.9 Å². The monoisotopic (exact) mass is 397 g/mol. The second-order valence-electron chi connectivity index (χ2n) is 6.78. The second-order valence-corrected chi connectivity index (χ2v) is 7.19. The van der Waals surface area contributed by atoms with Crippen LogP contribution in [0.25, 0.3) is 0 Å². The molecule has 0 amide bonds. The molecule has 1 aliphatic heterocycles. The maximum Gasteiger partial charge on any atom is 0.313 e. The molecule has 1 aliphatic rings. The Labute approximate surface area is 169 Å². The number of hydrogen-bond donors (Lipinski definition) is 3. The number of nitrogens with two attached hydrogens (primary N) is 2. The van der Waals surface area contributed by atoms with Gasteiger partial charge in [-0.1, -0.05) is 43.4 Å². The van der Waals surface area contributed by atoms with Gasteiger partial charge in [0.05, 0.1) is 4.86 Å². The summed E-state index contributed by atoms with van der Waals surface area (Å²) in [5, 5.41) is 7.47. The van der Waals surface area contributed by atoms with Crippen molar-refractivity contribution in [3.05, 3.63) is 64.7 Å². The minimum Gasteiger partial charge on any atom is -0.439 e. The van der Waals surface area contributed by atoms with Crippen molar-refractivity contribution in [1.82, 2.24) is 0 Å². The van der Waals surface area contributed by atoms with Crippen LogP contribution in [0.15, 0.2) is 42.5 Å². The predicted octanol–water partition coefficient (Wildman–Crippen LogP) is 3.02. The molecule has 0 saturated heterocycles. The molecular formula is C21H23N3O3S. The minimum absolute atomic E-state index is 0.0216. The zero-order valence-corrected chi connectivity index (χ0v) is 16.5. The van der Waals surface area contributed by atoms with Crippen LogP contribution in [-0.4, -0.2) is 22.6 Å². The van der Waals surface area contributed by atoms with Crippen molar-refractivity contribution >= 4 is 28.9 Å². The number of carbonyl (C=O) groups excluding carboxylic acids is 1. The molecule has 1 atom stereocenters. The van der Waals surface area contributed by atoms with E-state index in [2.05, 4.69) is 0 Å². The highest BCUT2D eigenvalue weighted by Crippen LogP contribution is 2.33. The van der Waals surface area contributed by atoms with Crippen molar-refractivity contribution in [1.29, 1.82) is 5.41 Å². The van der Waals surface area contributed by atoms with Crippen LogP contribution in [0.5, 0.6) is 5.75 Å². The summed E-state index contributed by atoms with van der Waals surface area (Å²) in [4.78, 5) is 12.5. The molecule has 0 aliphatic carbocycles. The number of esters is 1. The first kappa shape index (κ1) is 20.0. The Morgan fingerprint density at radius 2 is 1.86 bits per heavy atom. The smallest absolute Gasteiger partial charge is 0.313 e. The maximum atomic E-state index is 11.8. The van der Waals surface area contributed by atoms with Crippen LogP contribution in [0, 0.1) is 5.41 Å². The Morgan fingerprint density at radius 1 is 1.21 bits per heavy atom. The average molecular weight is 398 g/mol. The molecule has 0 spiro atoms. The summed E-state index contributed by atoms with van der Waals surface area (Å²) in [6, 6.07) is 12.9. The summed E-state index contributed by atoms with van der Waals surface area (Å²) in [5.41, 5.74) is 15.0. The number of hydrogen-bond acceptors (Lipinski definition) is 6. The fraction of sp³-hybridized carbons (Fsp3) is 0.286. The van der Waals surface area contributed by atoms with Gasteiger partial charge in [0.2, 0.25) is 0 Å². The van der Waals surface area contributed by atoms with Gasteiger partial charge < -0.3 is 15.2 Å². The Kier molecular flexibility index (Phi) is 5.76. The van der Waals surface area contributed by atoms with E-state index >= 15 is 0 Å². The lowest BCUT2D eigenvalue weighted by Gasteiger charge is -2.34. The minimum atomic E-state index is -1.43. The summed E-state index contributed by atoms with van der Waals surface area (Å²) < 4.78 is 11.1. The van der Waals surface area contributed by atoms with Gasteiger partial charge in [-0.25, -0.2) is 0 Å². The van der Waals surface area contributed by atoms with E-state index in [1.165, 1.54) is 0 Å². The van der Waals surface area contributed by atoms with Gasteiger partial charge in [-0.05, 0) is 47.7 Å². The zero-order chi connectivity index (χ0) is 20.3. The Balaban J connectivity index is 1.76. The standard InChI is InChI=1S/C21H23N3O3S/c1-2-3-18(25)27-21(24)11-10-15-12-16(8-9-17(15)26-21)19(28)13-4-6-14(7-5-13)20(22)23/h4-9,12H,2-3,10-11,24H2,1H3,(H3,22,23)/t21-/m0/s1. The summed E-state index contributed by atoms with van der Waals surface area (Å²) in [6.07, 6.45) is 1.99. The molecule has 7 heteroatoms. The first-order valence-electron chi connectivity index (χ1n) is 9.13. The van der Waals surface area contributed by atoms with Crippen LogP contribution in [0.2, 0.25) is 0 Å². The molecular weight excluding hydrogens is 374 g/mol. The number of nitrogen functional groups attached to an aromatic ring is 1. The first-order chi connectivity index (χ1) is 13.3. The van der Waals surface area contributed by atoms with Crippen molar-refractivity contribution in [2.75, 3.05) is 0 Å². The lowest BCUT2D eigenvalue weighted by Crippen LogP contribution is -2.52. The predicted molar refractivity (Wildman–Crippen MR) is 112 cm³/mol. The number of rotatable bonds is 6. The number of carbonyl (C=O) groups is 1. The quantitative estimate of drug-likeness (QED) is 0.173. The van der Waals surface area contributed by atoms with E-state index in [1.807, 2.05) is 31.2 Å². The maximum absolute atomic E-state index is 11.8. The van der Waals surface area contributed by atoms with E-state index in [9.17, 15) is 4.79 Å². The van der Waals surface area contributed by atoms with Crippen molar-refractivity contribution in [3.63, 3.8) is 0 Å². The first-order valence-corrected chi connectivity index (χ1v) is 9.54. The van der Waals surface area contributed by atoms with Crippen LogP contribution < -0.4 is 16.2 Å². The molecule has 0 bridgehead atoms. The number of thiocarbonyl (C=S) groups is 1. The Morgan fingerprint density at radius 3 is 2.50 bits per heavy atom. The molecule has 2 aromatic carbocycles. The van der Waals surface area contributed by atoms with Crippen LogP contribution in [0.4, 0.5) is 0 Å². The fourth-order valence-electron chi connectivity index (χ4n) is 3.05. The molecule has 0 saturated carbocycles. The summed E-state index contributed by atoms with van der Waals surface area (Å²) >= 11 is 5.61. The van der Waals surface area contributed by atoms with Gasteiger partial charge in [0, 0.05) is 18.4 Å². The van der Waals surface area contributed by atoms with Gasteiger partial charge in [0.15, 0.2) is 0 Å². The number of amidine groups is 1. The summed E-state index contributed by atoms with van der Waals surface area (Å²) in [6.45, 7) is 1.90. The highest BCUT2D eigenvalue weighted by atomic mass is 32.1. The number of fused-ring (bicyclic) bond motifs is 1. The average Bonchev–Trinajstić information content (AvgIpc) is 2.67. The van der Waals surface area contributed by atoms with Crippen molar-refractivity contribution in [2.24, 2.45) is 11.5 Å². The Hall–Kier alpha value is -2.77. The third kappa shape index (κ3) is 4.37. The lowest BCUT2D eigenvalue weighted by molar-refractivity contribution is -0.201. The van der Waals surface area contributed by atoms with Gasteiger partial charge in [-0.3, -0.25) is 15.9 Å². The number of nitrogens with one attached hydrogen (secondary N) is 1. The molecule has 0 radical (unpaired) electrons. The fourth-order valence-corrected chi connectivity index (χ4v) is 3.31. The van der Waals surface area contributed by atoms with E-state index < -0.39 is 5.91 Å². The lowest BCUT2D eigenvalue weighted by atomic mass is 9.97. The van der Waals surface area contributed by atoms with Crippen LogP contribution in [-0.2, 0) is 16.0 Å². The van der Waals surface area contributed by atoms with E-state index in [0.717, 1.165) is 16.7 Å². The van der Waals surface area contributed by atoms with Crippen LogP contribution in [0.3, 0.4) is 0 Å². The molecule has 1 heterocycles. The topological polar surface area (TPSA) is 111 Å². The van der Waals surface area contributed by atoms with Crippen LogP contribution >= 0.6 is 12.2 Å². The van der Waals surface area contributed by atoms with Gasteiger partial charge in [-0.15, -0.1) is 0 Å². The number of benzene rings is 2. The SMILES string of the molecule is CCCC(=O)O[C@]1(N)CCc2cc(C(=S)c3ccc(C(=N)N)cc3)ccc2O1. The third-order valence-corrected chi connectivity index (χ3v) is 5.02. The molecule has 146 valence electrons. The van der Waals surface area contributed by atoms with E-state index in [4.69, 9.17) is 38.6 Å². The molecule has 2 aromatic rings. The van der Waals surface area contributed by atoms with E-state index in [0.29, 0.717) is 41.9 Å². The third-order valence-electron chi connectivity index (χ3n) is 4.55. The Bertz CT molecular complexity index is 927. The number of aryl methyl sites for hydroxylation is 1. The molecule has 3 rings (SSSR count). The second kappa shape index (κ2) is 8.08. The molecule has 5 N–H and O–H groups in total. The van der Waals surface area contributed by atoms with Gasteiger partial charge in [0.25, 0.3) is 0 Å². The number of ether oxygens (including phenoxy) is 2. The molecule has 0 fully saturated rings. The van der Waals surface area contributed by atoms with Gasteiger partial charge in [-0.2, -0.15) is 0 Å². The largest absolute Gasteiger partial charge is 0.439 e. The van der Waals surface area contributed by atoms with Crippen molar-refractivity contribution in [2.45, 2.75) is 38.5 Å².